The van der Waals surface area contributed by atoms with E-state index >= 15 is 0 Å². The minimum absolute atomic E-state index is 0.564. The number of nitrogens with two attached hydrogens (primary N) is 1. The maximum atomic E-state index is 5.83. The quantitative estimate of drug-likeness (QED) is 0.638. The Kier molecular flexibility index (Phi) is 1.44. The molecule has 11 heavy (non-hydrogen) atoms. The third-order valence-electron chi connectivity index (χ3n) is 1.34. The van der Waals surface area contributed by atoms with Gasteiger partial charge in [-0.1, -0.05) is 11.6 Å². The highest BCUT2D eigenvalue weighted by atomic mass is 35.5. The maximum absolute atomic E-state index is 5.83. The highest BCUT2D eigenvalue weighted by molar-refractivity contribution is 7.00. The second kappa shape index (κ2) is 2.32. The van der Waals surface area contributed by atoms with Crippen LogP contribution in [-0.4, -0.2) is 8.75 Å². The topological polar surface area (TPSA) is 51.8 Å². The van der Waals surface area contributed by atoms with E-state index in [1.807, 2.05) is 0 Å². The lowest BCUT2D eigenvalue weighted by molar-refractivity contribution is 1.63. The van der Waals surface area contributed by atoms with Crippen molar-refractivity contribution >= 4 is 40.0 Å². The first-order chi connectivity index (χ1) is 5.27. The number of nitrogen functional groups attached to an aromatic ring is 1. The lowest BCUT2D eigenvalue weighted by atomic mass is 10.3. The standard InChI is InChI=1S/C6H4ClN3S/c7-4-1-3(8)2-5-6(4)10-11-9-5/h1-2H,8H2. The van der Waals surface area contributed by atoms with E-state index in [0.29, 0.717) is 10.7 Å². The summed E-state index contributed by atoms with van der Waals surface area (Å²) < 4.78 is 8.01. The molecular formula is C6H4ClN3S. The van der Waals surface area contributed by atoms with Crippen molar-refractivity contribution in [2.24, 2.45) is 0 Å². The van der Waals surface area contributed by atoms with Crippen molar-refractivity contribution in [3.05, 3.63) is 17.2 Å². The maximum Gasteiger partial charge on any atom is 0.123 e. The van der Waals surface area contributed by atoms with E-state index in [1.165, 1.54) is 0 Å². The van der Waals surface area contributed by atoms with Gasteiger partial charge in [0.15, 0.2) is 0 Å². The van der Waals surface area contributed by atoms with Crippen LogP contribution in [0.2, 0.25) is 5.02 Å². The Morgan fingerprint density at radius 1 is 1.36 bits per heavy atom. The molecule has 0 aliphatic rings. The van der Waals surface area contributed by atoms with E-state index in [0.717, 1.165) is 22.8 Å². The third-order valence-corrected chi connectivity index (χ3v) is 2.17. The zero-order valence-electron chi connectivity index (χ0n) is 5.41. The molecule has 0 saturated carbocycles. The fourth-order valence-electron chi connectivity index (χ4n) is 0.870. The Bertz CT molecular complexity index is 398. The molecular weight excluding hydrogens is 182 g/mol. The highest BCUT2D eigenvalue weighted by Gasteiger charge is 2.03. The lowest BCUT2D eigenvalue weighted by Crippen LogP contribution is -1.84. The van der Waals surface area contributed by atoms with Gasteiger partial charge in [-0.2, -0.15) is 8.75 Å². The molecule has 0 aliphatic carbocycles. The summed E-state index contributed by atoms with van der Waals surface area (Å²) in [6, 6.07) is 3.43. The highest BCUT2D eigenvalue weighted by Crippen LogP contribution is 2.24. The molecule has 3 nitrogen and oxygen atoms in total. The normalized spacial score (nSPS) is 10.6. The van der Waals surface area contributed by atoms with Gasteiger partial charge in [0.1, 0.15) is 11.0 Å². The van der Waals surface area contributed by atoms with Gasteiger partial charge < -0.3 is 5.73 Å². The lowest BCUT2D eigenvalue weighted by Gasteiger charge is -1.92. The van der Waals surface area contributed by atoms with E-state index in [1.54, 1.807) is 12.1 Å². The van der Waals surface area contributed by atoms with Gasteiger partial charge >= 0.3 is 0 Å². The summed E-state index contributed by atoms with van der Waals surface area (Å²) >= 11 is 6.96. The first kappa shape index (κ1) is 6.82. The van der Waals surface area contributed by atoms with Gasteiger partial charge in [-0.3, -0.25) is 0 Å². The Balaban J connectivity index is 2.91. The molecule has 2 N–H and O–H groups in total. The van der Waals surface area contributed by atoms with Crippen LogP contribution in [-0.2, 0) is 0 Å². The van der Waals surface area contributed by atoms with Crippen LogP contribution in [0.25, 0.3) is 11.0 Å². The van der Waals surface area contributed by atoms with Gasteiger partial charge in [0.05, 0.1) is 16.8 Å². The Labute approximate surface area is 72.1 Å². The molecule has 0 atom stereocenters. The van der Waals surface area contributed by atoms with Crippen LogP contribution in [0.3, 0.4) is 0 Å². The van der Waals surface area contributed by atoms with Crippen LogP contribution >= 0.6 is 23.3 Å². The number of anilines is 1. The zero-order valence-corrected chi connectivity index (χ0v) is 6.99. The SMILES string of the molecule is Nc1cc(Cl)c2nsnc2c1. The van der Waals surface area contributed by atoms with Crippen LogP contribution in [0.15, 0.2) is 12.1 Å². The molecule has 5 heteroatoms. The Morgan fingerprint density at radius 2 is 2.18 bits per heavy atom. The van der Waals surface area contributed by atoms with E-state index < -0.39 is 0 Å². The second-order valence-electron chi connectivity index (χ2n) is 2.13. The van der Waals surface area contributed by atoms with Crippen molar-refractivity contribution in [2.45, 2.75) is 0 Å². The number of hydrogen-bond acceptors (Lipinski definition) is 4. The predicted octanol–water partition coefficient (Wildman–Crippen LogP) is 1.93. The average molecular weight is 186 g/mol. The summed E-state index contributed by atoms with van der Waals surface area (Å²) in [5.41, 5.74) is 7.65. The molecule has 1 heterocycles. The zero-order chi connectivity index (χ0) is 7.84. The molecule has 56 valence electrons. The molecule has 0 saturated heterocycles. The molecule has 1 aromatic heterocycles. The first-order valence-corrected chi connectivity index (χ1v) is 4.05. The van der Waals surface area contributed by atoms with Crippen LogP contribution in [0, 0.1) is 0 Å². The largest absolute Gasteiger partial charge is 0.399 e. The summed E-state index contributed by atoms with van der Waals surface area (Å²) in [4.78, 5) is 0. The third kappa shape index (κ3) is 1.04. The number of rotatable bonds is 0. The van der Waals surface area contributed by atoms with Crippen molar-refractivity contribution < 1.29 is 0 Å². The van der Waals surface area contributed by atoms with Crippen molar-refractivity contribution in [3.8, 4) is 0 Å². The molecule has 2 aromatic rings. The average Bonchev–Trinajstić information content (AvgIpc) is 2.34. The van der Waals surface area contributed by atoms with Gasteiger partial charge in [-0.05, 0) is 12.1 Å². The smallest absolute Gasteiger partial charge is 0.123 e. The first-order valence-electron chi connectivity index (χ1n) is 2.94. The summed E-state index contributed by atoms with van der Waals surface area (Å²) in [6.45, 7) is 0. The van der Waals surface area contributed by atoms with Crippen molar-refractivity contribution in [1.29, 1.82) is 0 Å². The van der Waals surface area contributed by atoms with Gasteiger partial charge in [-0.15, -0.1) is 0 Å². The predicted molar refractivity (Wildman–Crippen MR) is 46.8 cm³/mol. The summed E-state index contributed by atoms with van der Waals surface area (Å²) in [7, 11) is 0. The molecule has 1 aromatic carbocycles. The van der Waals surface area contributed by atoms with E-state index in [4.69, 9.17) is 17.3 Å². The molecule has 0 bridgehead atoms. The molecule has 0 radical (unpaired) electrons. The molecule has 0 aliphatic heterocycles. The van der Waals surface area contributed by atoms with Gasteiger partial charge in [0.2, 0.25) is 0 Å². The molecule has 0 unspecified atom stereocenters. The fourth-order valence-corrected chi connectivity index (χ4v) is 1.73. The number of hydrogen-bond donors (Lipinski definition) is 1. The number of aromatic nitrogens is 2. The van der Waals surface area contributed by atoms with E-state index in [-0.39, 0.29) is 0 Å². The van der Waals surface area contributed by atoms with Crippen LogP contribution in [0.5, 0.6) is 0 Å². The van der Waals surface area contributed by atoms with Gasteiger partial charge in [-0.25, -0.2) is 0 Å². The van der Waals surface area contributed by atoms with Gasteiger partial charge in [0.25, 0.3) is 0 Å². The molecule has 0 spiro atoms. The van der Waals surface area contributed by atoms with Crippen molar-refractivity contribution in [1.82, 2.24) is 8.75 Å². The minimum atomic E-state index is 0.564. The summed E-state index contributed by atoms with van der Waals surface area (Å²) in [6.07, 6.45) is 0. The monoisotopic (exact) mass is 185 g/mol. The second-order valence-corrected chi connectivity index (χ2v) is 3.07. The van der Waals surface area contributed by atoms with Crippen molar-refractivity contribution in [2.75, 3.05) is 5.73 Å². The number of halogens is 1. The molecule has 0 fully saturated rings. The molecule has 0 amide bonds. The van der Waals surface area contributed by atoms with E-state index in [9.17, 15) is 0 Å². The van der Waals surface area contributed by atoms with Gasteiger partial charge in [0, 0.05) is 5.69 Å². The van der Waals surface area contributed by atoms with Crippen LogP contribution in [0.4, 0.5) is 5.69 Å². The van der Waals surface area contributed by atoms with Crippen molar-refractivity contribution in [3.63, 3.8) is 0 Å². The summed E-state index contributed by atoms with van der Waals surface area (Å²) in [5, 5.41) is 0.564. The van der Waals surface area contributed by atoms with E-state index in [2.05, 4.69) is 8.75 Å². The summed E-state index contributed by atoms with van der Waals surface area (Å²) in [5.74, 6) is 0. The van der Waals surface area contributed by atoms with Crippen LogP contribution < -0.4 is 5.73 Å². The fraction of sp³-hybridized carbons (Fsp3) is 0. The van der Waals surface area contributed by atoms with Crippen LogP contribution in [0.1, 0.15) is 0 Å². The number of fused-ring (bicyclic) bond motifs is 1. The minimum Gasteiger partial charge on any atom is -0.399 e. The molecule has 2 rings (SSSR count). The Hall–Kier alpha value is -0.870. The number of nitrogens with zero attached hydrogens (tertiary/aromatic N) is 2. The Morgan fingerprint density at radius 3 is 3.00 bits per heavy atom. The number of benzene rings is 1.